The van der Waals surface area contributed by atoms with Crippen LogP contribution in [0.1, 0.15) is 40.5 Å². The SMILES string of the molecule is CCCC(NC(C)C)C(C)O. The van der Waals surface area contributed by atoms with Crippen molar-refractivity contribution in [3.63, 3.8) is 0 Å². The van der Waals surface area contributed by atoms with E-state index in [1.807, 2.05) is 6.92 Å². The predicted octanol–water partition coefficient (Wildman–Crippen LogP) is 1.53. The van der Waals surface area contributed by atoms with Crippen molar-refractivity contribution in [2.24, 2.45) is 0 Å². The fourth-order valence-corrected chi connectivity index (χ4v) is 1.20. The third-order valence-corrected chi connectivity index (χ3v) is 1.73. The van der Waals surface area contributed by atoms with Crippen molar-refractivity contribution < 1.29 is 5.11 Å². The van der Waals surface area contributed by atoms with Crippen LogP contribution in [0.25, 0.3) is 0 Å². The van der Waals surface area contributed by atoms with Crippen molar-refractivity contribution in [3.8, 4) is 0 Å². The molecule has 11 heavy (non-hydrogen) atoms. The standard InChI is InChI=1S/C9H21NO/c1-5-6-9(8(4)11)10-7(2)3/h7-11H,5-6H2,1-4H3. The topological polar surface area (TPSA) is 32.3 Å². The maximum absolute atomic E-state index is 9.33. The van der Waals surface area contributed by atoms with Crippen molar-refractivity contribution in [3.05, 3.63) is 0 Å². The molecule has 0 aromatic carbocycles. The molecule has 0 aromatic rings. The third kappa shape index (κ3) is 5.22. The van der Waals surface area contributed by atoms with Crippen LogP contribution in [0.2, 0.25) is 0 Å². The van der Waals surface area contributed by atoms with Gasteiger partial charge >= 0.3 is 0 Å². The lowest BCUT2D eigenvalue weighted by molar-refractivity contribution is 0.135. The monoisotopic (exact) mass is 159 g/mol. The van der Waals surface area contributed by atoms with Gasteiger partial charge in [-0.05, 0) is 13.3 Å². The summed E-state index contributed by atoms with van der Waals surface area (Å²) in [5.41, 5.74) is 0. The molecule has 2 atom stereocenters. The van der Waals surface area contributed by atoms with E-state index in [1.165, 1.54) is 0 Å². The Hall–Kier alpha value is -0.0800. The van der Waals surface area contributed by atoms with Gasteiger partial charge in [-0.25, -0.2) is 0 Å². The van der Waals surface area contributed by atoms with Gasteiger partial charge in [-0.15, -0.1) is 0 Å². The number of rotatable bonds is 5. The molecule has 68 valence electrons. The van der Waals surface area contributed by atoms with Gasteiger partial charge < -0.3 is 10.4 Å². The van der Waals surface area contributed by atoms with E-state index in [0.717, 1.165) is 12.8 Å². The van der Waals surface area contributed by atoms with Gasteiger partial charge in [-0.1, -0.05) is 27.2 Å². The van der Waals surface area contributed by atoms with Crippen molar-refractivity contribution in [2.75, 3.05) is 0 Å². The summed E-state index contributed by atoms with van der Waals surface area (Å²) in [6, 6.07) is 0.723. The van der Waals surface area contributed by atoms with Gasteiger partial charge in [0.05, 0.1) is 6.10 Å². The van der Waals surface area contributed by atoms with Gasteiger partial charge in [0, 0.05) is 12.1 Å². The van der Waals surface area contributed by atoms with Crippen LogP contribution in [-0.4, -0.2) is 23.3 Å². The molecule has 0 aliphatic rings. The van der Waals surface area contributed by atoms with Crippen LogP contribution in [0, 0.1) is 0 Å². The molecule has 2 unspecified atom stereocenters. The van der Waals surface area contributed by atoms with Gasteiger partial charge in [0.15, 0.2) is 0 Å². The van der Waals surface area contributed by atoms with E-state index < -0.39 is 0 Å². The van der Waals surface area contributed by atoms with Gasteiger partial charge in [-0.2, -0.15) is 0 Å². The highest BCUT2D eigenvalue weighted by Gasteiger charge is 2.13. The Bertz CT molecular complexity index is 91.6. The molecule has 2 heteroatoms. The second-order valence-electron chi connectivity index (χ2n) is 3.46. The smallest absolute Gasteiger partial charge is 0.0665 e. The van der Waals surface area contributed by atoms with E-state index in [2.05, 4.69) is 26.1 Å². The summed E-state index contributed by atoms with van der Waals surface area (Å²) in [6.07, 6.45) is 1.93. The normalized spacial score (nSPS) is 16.9. The first-order chi connectivity index (χ1) is 5.07. The molecule has 0 fully saturated rings. The first-order valence-corrected chi connectivity index (χ1v) is 4.52. The summed E-state index contributed by atoms with van der Waals surface area (Å²) in [4.78, 5) is 0. The first-order valence-electron chi connectivity index (χ1n) is 4.52. The number of nitrogens with one attached hydrogen (secondary N) is 1. The van der Waals surface area contributed by atoms with Gasteiger partial charge in [0.1, 0.15) is 0 Å². The second-order valence-corrected chi connectivity index (χ2v) is 3.46. The molecule has 0 spiro atoms. The first kappa shape index (κ1) is 10.9. The molecular formula is C9H21NO. The highest BCUT2D eigenvalue weighted by atomic mass is 16.3. The lowest BCUT2D eigenvalue weighted by Gasteiger charge is -2.23. The molecule has 0 aliphatic carbocycles. The molecule has 0 saturated heterocycles. The Kier molecular flexibility index (Phi) is 5.51. The van der Waals surface area contributed by atoms with Crippen LogP contribution in [0.5, 0.6) is 0 Å². The number of hydrogen-bond acceptors (Lipinski definition) is 2. The molecular weight excluding hydrogens is 138 g/mol. The van der Waals surface area contributed by atoms with E-state index in [4.69, 9.17) is 0 Å². The maximum Gasteiger partial charge on any atom is 0.0665 e. The van der Waals surface area contributed by atoms with E-state index in [9.17, 15) is 5.11 Å². The molecule has 2 nitrogen and oxygen atoms in total. The van der Waals surface area contributed by atoms with Gasteiger partial charge in [0.2, 0.25) is 0 Å². The Labute approximate surface area is 70.0 Å². The zero-order chi connectivity index (χ0) is 8.85. The van der Waals surface area contributed by atoms with Crippen molar-refractivity contribution in [1.29, 1.82) is 0 Å². The molecule has 2 N–H and O–H groups in total. The lowest BCUT2D eigenvalue weighted by atomic mass is 10.1. The van der Waals surface area contributed by atoms with Crippen LogP contribution in [0.3, 0.4) is 0 Å². The molecule has 0 rings (SSSR count). The fraction of sp³-hybridized carbons (Fsp3) is 1.00. The van der Waals surface area contributed by atoms with Crippen LogP contribution in [-0.2, 0) is 0 Å². The van der Waals surface area contributed by atoms with Crippen molar-refractivity contribution in [2.45, 2.75) is 58.7 Å². The summed E-state index contributed by atoms with van der Waals surface area (Å²) < 4.78 is 0. The van der Waals surface area contributed by atoms with Crippen LogP contribution >= 0.6 is 0 Å². The van der Waals surface area contributed by atoms with Crippen molar-refractivity contribution >= 4 is 0 Å². The average molecular weight is 159 g/mol. The summed E-state index contributed by atoms with van der Waals surface area (Å²) >= 11 is 0. The molecule has 0 aromatic heterocycles. The summed E-state index contributed by atoms with van der Waals surface area (Å²) in [6.45, 7) is 8.18. The van der Waals surface area contributed by atoms with E-state index >= 15 is 0 Å². The molecule has 0 amide bonds. The largest absolute Gasteiger partial charge is 0.392 e. The Morgan fingerprint density at radius 1 is 1.27 bits per heavy atom. The Balaban J connectivity index is 3.69. The molecule has 0 aliphatic heterocycles. The summed E-state index contributed by atoms with van der Waals surface area (Å²) in [7, 11) is 0. The minimum absolute atomic E-state index is 0.239. The van der Waals surface area contributed by atoms with Gasteiger partial charge in [-0.3, -0.25) is 0 Å². The average Bonchev–Trinajstić information content (AvgIpc) is 1.86. The Morgan fingerprint density at radius 3 is 2.09 bits per heavy atom. The minimum atomic E-state index is -0.239. The summed E-state index contributed by atoms with van der Waals surface area (Å²) in [5, 5.41) is 12.7. The van der Waals surface area contributed by atoms with E-state index in [0.29, 0.717) is 6.04 Å². The highest BCUT2D eigenvalue weighted by molar-refractivity contribution is 4.73. The third-order valence-electron chi connectivity index (χ3n) is 1.73. The van der Waals surface area contributed by atoms with Crippen LogP contribution in [0.4, 0.5) is 0 Å². The van der Waals surface area contributed by atoms with E-state index in [-0.39, 0.29) is 12.1 Å². The van der Waals surface area contributed by atoms with E-state index in [1.54, 1.807) is 0 Å². The lowest BCUT2D eigenvalue weighted by Crippen LogP contribution is -2.41. The number of aliphatic hydroxyl groups excluding tert-OH is 1. The quantitative estimate of drug-likeness (QED) is 0.637. The molecule has 0 saturated carbocycles. The fourth-order valence-electron chi connectivity index (χ4n) is 1.20. The number of hydrogen-bond donors (Lipinski definition) is 2. The maximum atomic E-state index is 9.33. The predicted molar refractivity (Wildman–Crippen MR) is 48.6 cm³/mol. The van der Waals surface area contributed by atoms with Crippen LogP contribution < -0.4 is 5.32 Å². The molecule has 0 heterocycles. The molecule has 0 bridgehead atoms. The zero-order valence-electron chi connectivity index (χ0n) is 8.09. The molecule has 0 radical (unpaired) electrons. The summed E-state index contributed by atoms with van der Waals surface area (Å²) in [5.74, 6) is 0. The van der Waals surface area contributed by atoms with Crippen LogP contribution in [0.15, 0.2) is 0 Å². The highest BCUT2D eigenvalue weighted by Crippen LogP contribution is 2.02. The second kappa shape index (κ2) is 5.56. The Morgan fingerprint density at radius 2 is 1.82 bits per heavy atom. The zero-order valence-corrected chi connectivity index (χ0v) is 8.09. The van der Waals surface area contributed by atoms with Gasteiger partial charge in [0.25, 0.3) is 0 Å². The minimum Gasteiger partial charge on any atom is -0.392 e. The van der Waals surface area contributed by atoms with Crippen molar-refractivity contribution in [1.82, 2.24) is 5.32 Å². The number of aliphatic hydroxyl groups is 1.